The molecule has 0 fully saturated rings. The number of hydrogen-bond acceptors (Lipinski definition) is 3. The summed E-state index contributed by atoms with van der Waals surface area (Å²) in [6.07, 6.45) is 3.67. The van der Waals surface area contributed by atoms with Crippen molar-refractivity contribution >= 4 is 11.8 Å². The number of thioether (sulfide) groups is 1. The van der Waals surface area contributed by atoms with Crippen molar-refractivity contribution in [2.24, 2.45) is 0 Å². The molecule has 0 aliphatic carbocycles. The Bertz CT molecular complexity index is 333. The predicted molar refractivity (Wildman–Crippen MR) is 85.3 cm³/mol. The van der Waals surface area contributed by atoms with Crippen molar-refractivity contribution in [3.8, 4) is 5.75 Å². The maximum atomic E-state index is 5.20. The summed E-state index contributed by atoms with van der Waals surface area (Å²) in [7, 11) is 1.71. The Kier molecular flexibility index (Phi) is 7.99. The second-order valence-electron chi connectivity index (χ2n) is 4.69. The van der Waals surface area contributed by atoms with E-state index in [0.29, 0.717) is 11.3 Å². The number of ether oxygens (including phenoxy) is 1. The first-order valence-corrected chi connectivity index (χ1v) is 8.17. The van der Waals surface area contributed by atoms with Gasteiger partial charge in [-0.2, -0.15) is 0 Å². The molecule has 1 aromatic rings. The van der Waals surface area contributed by atoms with Gasteiger partial charge < -0.3 is 10.1 Å². The van der Waals surface area contributed by atoms with Gasteiger partial charge in [0.2, 0.25) is 0 Å². The second-order valence-corrected chi connectivity index (χ2v) is 6.01. The molecule has 0 bridgehead atoms. The summed E-state index contributed by atoms with van der Waals surface area (Å²) in [5, 5.41) is 4.26. The van der Waals surface area contributed by atoms with Crippen LogP contribution in [0.1, 0.15) is 40.0 Å². The number of nitrogens with one attached hydrogen (secondary N) is 1. The van der Waals surface area contributed by atoms with E-state index in [9.17, 15) is 0 Å². The fraction of sp³-hybridized carbons (Fsp3) is 0.625. The van der Waals surface area contributed by atoms with Crippen LogP contribution in [0.15, 0.2) is 29.2 Å². The van der Waals surface area contributed by atoms with E-state index in [1.165, 1.54) is 24.2 Å². The zero-order chi connectivity index (χ0) is 14.1. The minimum Gasteiger partial charge on any atom is -0.497 e. The van der Waals surface area contributed by atoms with Gasteiger partial charge in [0.25, 0.3) is 0 Å². The second kappa shape index (κ2) is 9.27. The van der Waals surface area contributed by atoms with Gasteiger partial charge in [0.15, 0.2) is 0 Å². The lowest BCUT2D eigenvalue weighted by Gasteiger charge is -2.26. The molecule has 108 valence electrons. The fourth-order valence-corrected chi connectivity index (χ4v) is 3.48. The highest BCUT2D eigenvalue weighted by Crippen LogP contribution is 2.30. The average molecular weight is 281 g/mol. The van der Waals surface area contributed by atoms with E-state index in [0.717, 1.165) is 12.3 Å². The average Bonchev–Trinajstić information content (AvgIpc) is 2.45. The summed E-state index contributed by atoms with van der Waals surface area (Å²) in [6, 6.07) is 8.99. The SMILES string of the molecule is CCCC(NCC)C(CC)Sc1ccc(OC)cc1. The molecular formula is C16H27NOS. The minimum atomic E-state index is 0.604. The van der Waals surface area contributed by atoms with Crippen LogP contribution in [0.5, 0.6) is 5.75 Å². The van der Waals surface area contributed by atoms with Gasteiger partial charge in [0, 0.05) is 16.2 Å². The summed E-state index contributed by atoms with van der Waals surface area (Å²) in [6.45, 7) is 7.77. The molecule has 0 heterocycles. The Labute approximate surface area is 122 Å². The lowest BCUT2D eigenvalue weighted by molar-refractivity contribution is 0.414. The van der Waals surface area contributed by atoms with Gasteiger partial charge in [-0.15, -0.1) is 11.8 Å². The topological polar surface area (TPSA) is 21.3 Å². The highest BCUT2D eigenvalue weighted by Gasteiger charge is 2.19. The summed E-state index contributed by atoms with van der Waals surface area (Å²) < 4.78 is 5.20. The largest absolute Gasteiger partial charge is 0.497 e. The van der Waals surface area contributed by atoms with Gasteiger partial charge in [0.1, 0.15) is 5.75 Å². The van der Waals surface area contributed by atoms with Crippen molar-refractivity contribution in [2.45, 2.75) is 56.2 Å². The molecule has 0 radical (unpaired) electrons. The molecule has 2 unspecified atom stereocenters. The van der Waals surface area contributed by atoms with Gasteiger partial charge in [-0.1, -0.05) is 27.2 Å². The Balaban J connectivity index is 2.67. The van der Waals surface area contributed by atoms with Gasteiger partial charge in [-0.05, 0) is 43.7 Å². The number of methoxy groups -OCH3 is 1. The van der Waals surface area contributed by atoms with Crippen molar-refractivity contribution in [1.82, 2.24) is 5.32 Å². The maximum Gasteiger partial charge on any atom is 0.118 e. The summed E-state index contributed by atoms with van der Waals surface area (Å²) in [5.41, 5.74) is 0. The molecule has 0 aliphatic heterocycles. The molecule has 19 heavy (non-hydrogen) atoms. The van der Waals surface area contributed by atoms with Crippen LogP contribution in [0, 0.1) is 0 Å². The first-order chi connectivity index (χ1) is 9.24. The zero-order valence-corrected chi connectivity index (χ0v) is 13.4. The predicted octanol–water partition coefficient (Wildman–Crippen LogP) is 4.34. The maximum absolute atomic E-state index is 5.20. The van der Waals surface area contributed by atoms with Crippen LogP contribution in [0.4, 0.5) is 0 Å². The smallest absolute Gasteiger partial charge is 0.118 e. The van der Waals surface area contributed by atoms with E-state index < -0.39 is 0 Å². The van der Waals surface area contributed by atoms with Crippen LogP contribution in [0.2, 0.25) is 0 Å². The molecule has 0 saturated heterocycles. The van der Waals surface area contributed by atoms with Crippen LogP contribution in [-0.4, -0.2) is 24.9 Å². The van der Waals surface area contributed by atoms with Crippen molar-refractivity contribution in [1.29, 1.82) is 0 Å². The molecule has 0 aliphatic rings. The lowest BCUT2D eigenvalue weighted by Crippen LogP contribution is -2.37. The van der Waals surface area contributed by atoms with Crippen LogP contribution in [0.25, 0.3) is 0 Å². The molecule has 2 atom stereocenters. The number of rotatable bonds is 9. The van der Waals surface area contributed by atoms with E-state index in [4.69, 9.17) is 4.74 Å². The minimum absolute atomic E-state index is 0.604. The standard InChI is InChI=1S/C16H27NOS/c1-5-8-15(17-7-3)16(6-2)19-14-11-9-13(18-4)10-12-14/h9-12,15-17H,5-8H2,1-4H3. The summed E-state index contributed by atoms with van der Waals surface area (Å²) in [4.78, 5) is 1.33. The molecule has 3 heteroatoms. The molecule has 0 saturated carbocycles. The van der Waals surface area contributed by atoms with Gasteiger partial charge in [0.05, 0.1) is 7.11 Å². The van der Waals surface area contributed by atoms with Crippen LogP contribution in [0.3, 0.4) is 0 Å². The van der Waals surface area contributed by atoms with Crippen LogP contribution >= 0.6 is 11.8 Å². The number of hydrogen-bond donors (Lipinski definition) is 1. The molecule has 0 aromatic heterocycles. The molecule has 0 spiro atoms. The van der Waals surface area contributed by atoms with E-state index in [1.807, 2.05) is 23.9 Å². The van der Waals surface area contributed by atoms with Crippen molar-refractivity contribution < 1.29 is 4.74 Å². The highest BCUT2D eigenvalue weighted by atomic mass is 32.2. The monoisotopic (exact) mass is 281 g/mol. The van der Waals surface area contributed by atoms with Gasteiger partial charge >= 0.3 is 0 Å². The Morgan fingerprint density at radius 3 is 2.32 bits per heavy atom. The normalized spacial score (nSPS) is 14.1. The lowest BCUT2D eigenvalue weighted by atomic mass is 10.1. The van der Waals surface area contributed by atoms with Crippen LogP contribution < -0.4 is 10.1 Å². The third-order valence-corrected chi connectivity index (χ3v) is 4.77. The van der Waals surface area contributed by atoms with Gasteiger partial charge in [-0.25, -0.2) is 0 Å². The third kappa shape index (κ3) is 5.45. The Morgan fingerprint density at radius 1 is 1.16 bits per heavy atom. The number of benzene rings is 1. The molecule has 1 N–H and O–H groups in total. The molecule has 2 nitrogen and oxygen atoms in total. The van der Waals surface area contributed by atoms with E-state index in [1.54, 1.807) is 7.11 Å². The molecular weight excluding hydrogens is 254 g/mol. The first kappa shape index (κ1) is 16.4. The quantitative estimate of drug-likeness (QED) is 0.680. The van der Waals surface area contributed by atoms with Crippen molar-refractivity contribution in [2.75, 3.05) is 13.7 Å². The molecule has 1 aromatic carbocycles. The van der Waals surface area contributed by atoms with Crippen molar-refractivity contribution in [3.05, 3.63) is 24.3 Å². The van der Waals surface area contributed by atoms with Crippen molar-refractivity contribution in [3.63, 3.8) is 0 Å². The summed E-state index contributed by atoms with van der Waals surface area (Å²) >= 11 is 1.98. The van der Waals surface area contributed by atoms with E-state index >= 15 is 0 Å². The third-order valence-electron chi connectivity index (χ3n) is 3.26. The molecule has 1 rings (SSSR count). The Hall–Kier alpha value is -0.670. The van der Waals surface area contributed by atoms with E-state index in [2.05, 4.69) is 38.2 Å². The zero-order valence-electron chi connectivity index (χ0n) is 12.6. The first-order valence-electron chi connectivity index (χ1n) is 7.29. The summed E-state index contributed by atoms with van der Waals surface area (Å²) in [5.74, 6) is 0.925. The highest BCUT2D eigenvalue weighted by molar-refractivity contribution is 8.00. The van der Waals surface area contributed by atoms with Crippen LogP contribution in [-0.2, 0) is 0 Å². The van der Waals surface area contributed by atoms with Gasteiger partial charge in [-0.3, -0.25) is 0 Å². The Morgan fingerprint density at radius 2 is 1.84 bits per heavy atom. The van der Waals surface area contributed by atoms with E-state index in [-0.39, 0.29) is 0 Å². The fourth-order valence-electron chi connectivity index (χ4n) is 2.27. The molecule has 0 amide bonds.